The third kappa shape index (κ3) is 3.72. The summed E-state index contributed by atoms with van der Waals surface area (Å²) < 4.78 is 66.6. The quantitative estimate of drug-likeness (QED) is 0.542. The Hall–Kier alpha value is -3.81. The first-order valence-electron chi connectivity index (χ1n) is 13.4. The van der Waals surface area contributed by atoms with E-state index in [2.05, 4.69) is 25.3 Å². The number of carbonyl (C=O) groups excluding carboxylic acids is 1. The average Bonchev–Trinajstić information content (AvgIpc) is 3.23. The number of pyridine rings is 3. The van der Waals surface area contributed by atoms with Crippen LogP contribution in [0.3, 0.4) is 0 Å². The Balaban J connectivity index is 1.45. The Morgan fingerprint density at radius 3 is 2.68 bits per heavy atom. The summed E-state index contributed by atoms with van der Waals surface area (Å²) in [5, 5.41) is 3.34. The zero-order valence-corrected chi connectivity index (χ0v) is 16.7. The molecule has 8 nitrogen and oxygen atoms in total. The molecule has 1 fully saturated rings. The molecular formula is C23H23N7O. The summed E-state index contributed by atoms with van der Waals surface area (Å²) in [5.41, 5.74) is 2.24. The van der Waals surface area contributed by atoms with Gasteiger partial charge in [0.25, 0.3) is 5.91 Å². The fourth-order valence-corrected chi connectivity index (χ4v) is 3.19. The van der Waals surface area contributed by atoms with Gasteiger partial charge in [-0.25, -0.2) is 15.0 Å². The van der Waals surface area contributed by atoms with Crippen molar-refractivity contribution in [3.63, 3.8) is 0 Å². The summed E-state index contributed by atoms with van der Waals surface area (Å²) in [6, 6.07) is 5.92. The molecule has 0 saturated carbocycles. The van der Waals surface area contributed by atoms with Gasteiger partial charge < -0.3 is 14.8 Å². The molecule has 31 heavy (non-hydrogen) atoms. The van der Waals surface area contributed by atoms with Crippen LogP contribution >= 0.6 is 0 Å². The minimum Gasteiger partial charge on any atom is -0.357 e. The van der Waals surface area contributed by atoms with E-state index in [9.17, 15) is 4.79 Å². The standard InChI is InChI=1S/C23H23N7O/c1-15-25-14-20(29(15)2)18-9-17-10-21(27-13-19(17)26-12-18)28-23(31)16-5-6-24-22(11-16)30-7-3-4-8-30/h5-6,9-14H,3-4,7-8H2,1-2H3,(H,27,28,31)/i3D2,4D2,7D2,8D2. The highest BCUT2D eigenvalue weighted by molar-refractivity contribution is 6.04. The maximum atomic E-state index is 13.1. The van der Waals surface area contributed by atoms with Crippen LogP contribution in [0.2, 0.25) is 0 Å². The molecule has 0 atom stereocenters. The van der Waals surface area contributed by atoms with E-state index in [4.69, 9.17) is 11.0 Å². The molecule has 0 aromatic carbocycles. The zero-order chi connectivity index (χ0) is 28.5. The topological polar surface area (TPSA) is 88.8 Å². The first-order valence-corrected chi connectivity index (χ1v) is 9.42. The number of hydrogen-bond acceptors (Lipinski definition) is 6. The smallest absolute Gasteiger partial charge is 0.257 e. The van der Waals surface area contributed by atoms with Crippen LogP contribution in [0.4, 0.5) is 11.6 Å². The van der Waals surface area contributed by atoms with E-state index < -0.39 is 37.5 Å². The van der Waals surface area contributed by atoms with E-state index in [1.165, 1.54) is 12.3 Å². The highest BCUT2D eigenvalue weighted by atomic mass is 16.1. The summed E-state index contributed by atoms with van der Waals surface area (Å²) in [5.74, 6) is -0.0599. The number of aryl methyl sites for hydroxylation is 1. The number of carbonyl (C=O) groups is 1. The molecule has 156 valence electrons. The lowest BCUT2D eigenvalue weighted by Gasteiger charge is -2.16. The Kier molecular flexibility index (Phi) is 3.05. The van der Waals surface area contributed by atoms with Crippen molar-refractivity contribution in [2.45, 2.75) is 19.7 Å². The molecule has 0 aliphatic carbocycles. The van der Waals surface area contributed by atoms with Crippen LogP contribution in [0, 0.1) is 6.92 Å². The molecule has 0 spiro atoms. The highest BCUT2D eigenvalue weighted by Gasteiger charge is 2.16. The van der Waals surface area contributed by atoms with Gasteiger partial charge in [0, 0.05) is 59.9 Å². The monoisotopic (exact) mass is 421 g/mol. The zero-order valence-electron chi connectivity index (χ0n) is 24.7. The predicted octanol–water partition coefficient (Wildman–Crippen LogP) is 3.59. The van der Waals surface area contributed by atoms with Crippen molar-refractivity contribution in [3.05, 3.63) is 60.4 Å². The number of fused-ring (bicyclic) bond motifs is 1. The lowest BCUT2D eigenvalue weighted by Crippen LogP contribution is -2.20. The molecule has 4 aromatic rings. The van der Waals surface area contributed by atoms with Gasteiger partial charge in [-0.05, 0) is 43.9 Å². The van der Waals surface area contributed by atoms with E-state index in [1.54, 1.807) is 18.5 Å². The molecule has 0 radical (unpaired) electrons. The van der Waals surface area contributed by atoms with Crippen molar-refractivity contribution in [2.24, 2.45) is 7.05 Å². The van der Waals surface area contributed by atoms with Crippen LogP contribution in [-0.2, 0) is 7.05 Å². The van der Waals surface area contributed by atoms with Crippen molar-refractivity contribution in [1.82, 2.24) is 24.5 Å². The predicted molar refractivity (Wildman–Crippen MR) is 120 cm³/mol. The molecule has 5 heterocycles. The maximum absolute atomic E-state index is 13.1. The number of rotatable bonds is 4. The fraction of sp³-hybridized carbons (Fsp3) is 0.261. The van der Waals surface area contributed by atoms with E-state index >= 15 is 0 Å². The molecule has 1 aliphatic heterocycles. The molecule has 1 saturated heterocycles. The summed E-state index contributed by atoms with van der Waals surface area (Å²) in [6.07, 6.45) is -0.361. The Bertz CT molecular complexity index is 1600. The van der Waals surface area contributed by atoms with Gasteiger partial charge in [0.1, 0.15) is 17.5 Å². The second kappa shape index (κ2) is 7.79. The fourth-order valence-electron chi connectivity index (χ4n) is 3.19. The molecule has 5 rings (SSSR count). The van der Waals surface area contributed by atoms with Crippen LogP contribution in [0.5, 0.6) is 0 Å². The summed E-state index contributed by atoms with van der Waals surface area (Å²) in [7, 11) is 1.89. The van der Waals surface area contributed by atoms with Crippen LogP contribution in [0.1, 0.15) is 39.9 Å². The van der Waals surface area contributed by atoms with E-state index in [0.717, 1.165) is 29.3 Å². The molecular weight excluding hydrogens is 390 g/mol. The maximum Gasteiger partial charge on any atom is 0.257 e. The van der Waals surface area contributed by atoms with Crippen molar-refractivity contribution < 1.29 is 15.8 Å². The summed E-state index contributed by atoms with van der Waals surface area (Å²) in [6.45, 7) is -4.34. The largest absolute Gasteiger partial charge is 0.357 e. The number of nitrogens with one attached hydrogen (secondary N) is 1. The number of anilines is 2. The van der Waals surface area contributed by atoms with Crippen molar-refractivity contribution in [1.29, 1.82) is 0 Å². The van der Waals surface area contributed by atoms with E-state index in [1.807, 2.05) is 24.6 Å². The minimum atomic E-state index is -3.22. The lowest BCUT2D eigenvalue weighted by atomic mass is 10.1. The molecule has 1 aliphatic rings. The first kappa shape index (κ1) is 12.1. The third-order valence-electron chi connectivity index (χ3n) is 4.96. The lowest BCUT2D eigenvalue weighted by molar-refractivity contribution is 0.102. The second-order valence-electron chi connectivity index (χ2n) is 6.90. The Morgan fingerprint density at radius 1 is 1.06 bits per heavy atom. The minimum absolute atomic E-state index is 0.0428. The SMILES string of the molecule is [2H]C1([2H])N(c2cc(C(=O)Nc3cc4cc(-c5cnc(C)n5C)cnc4cn3)ccn2)C([2H])([2H])C([2H])([2H])C1([2H])[2H]. The Labute approximate surface area is 191 Å². The van der Waals surface area contributed by atoms with Gasteiger partial charge >= 0.3 is 0 Å². The first-order chi connectivity index (χ1) is 18.1. The second-order valence-corrected chi connectivity index (χ2v) is 6.90. The number of nitrogens with zero attached hydrogens (tertiary/aromatic N) is 6. The third-order valence-corrected chi connectivity index (χ3v) is 4.96. The molecule has 0 bridgehead atoms. The number of amides is 1. The number of hydrogen-bond donors (Lipinski definition) is 1. The van der Waals surface area contributed by atoms with E-state index in [-0.39, 0.29) is 11.4 Å². The van der Waals surface area contributed by atoms with Crippen LogP contribution < -0.4 is 10.2 Å². The molecule has 8 heteroatoms. The highest BCUT2D eigenvalue weighted by Crippen LogP contribution is 2.24. The van der Waals surface area contributed by atoms with Gasteiger partial charge in [-0.3, -0.25) is 9.78 Å². The number of aromatic nitrogens is 5. The molecule has 4 aromatic heterocycles. The normalized spacial score (nSPS) is 24.0. The van der Waals surface area contributed by atoms with Gasteiger partial charge in [-0.1, -0.05) is 0 Å². The van der Waals surface area contributed by atoms with Gasteiger partial charge in [0.15, 0.2) is 0 Å². The van der Waals surface area contributed by atoms with Crippen LogP contribution in [-0.4, -0.2) is 43.4 Å². The Morgan fingerprint density at radius 2 is 1.90 bits per heavy atom. The van der Waals surface area contributed by atoms with Crippen LogP contribution in [0.15, 0.2) is 49.1 Å². The van der Waals surface area contributed by atoms with Crippen molar-refractivity contribution >= 4 is 28.4 Å². The van der Waals surface area contributed by atoms with Crippen molar-refractivity contribution in [3.8, 4) is 11.3 Å². The molecule has 0 unspecified atom stereocenters. The molecule has 1 amide bonds. The van der Waals surface area contributed by atoms with E-state index in [0.29, 0.717) is 15.8 Å². The number of imidazole rings is 1. The van der Waals surface area contributed by atoms with Gasteiger partial charge in [0.2, 0.25) is 0 Å². The van der Waals surface area contributed by atoms with Gasteiger partial charge in [-0.15, -0.1) is 0 Å². The summed E-state index contributed by atoms with van der Waals surface area (Å²) >= 11 is 0. The summed E-state index contributed by atoms with van der Waals surface area (Å²) in [4.78, 5) is 30.3. The van der Waals surface area contributed by atoms with Gasteiger partial charge in [-0.2, -0.15) is 0 Å². The van der Waals surface area contributed by atoms with Crippen molar-refractivity contribution in [2.75, 3.05) is 23.2 Å². The molecule has 1 N–H and O–H groups in total. The average molecular weight is 422 g/mol. The van der Waals surface area contributed by atoms with Crippen LogP contribution in [0.25, 0.3) is 22.2 Å². The van der Waals surface area contributed by atoms with Gasteiger partial charge in [0.05, 0.1) is 23.6 Å².